The largest absolute Gasteiger partial charge is 0.497 e. The van der Waals surface area contributed by atoms with E-state index < -0.39 is 6.67 Å². The number of benzene rings is 1. The molecule has 4 heteroatoms. The van der Waals surface area contributed by atoms with Gasteiger partial charge in [0, 0.05) is 19.6 Å². The first kappa shape index (κ1) is 12.9. The lowest BCUT2D eigenvalue weighted by Crippen LogP contribution is -2.28. The highest BCUT2D eigenvalue weighted by Gasteiger charge is 2.05. The molecule has 0 heterocycles. The van der Waals surface area contributed by atoms with Crippen LogP contribution in [0, 0.1) is 0 Å². The average Bonchev–Trinajstić information content (AvgIpc) is 2.31. The topological polar surface area (TPSA) is 32.7 Å². The van der Waals surface area contributed by atoms with E-state index in [2.05, 4.69) is 0 Å². The number of hydrogen-bond acceptors (Lipinski definition) is 3. The average molecular weight is 227 g/mol. The highest BCUT2D eigenvalue weighted by atomic mass is 19.1. The molecule has 0 fully saturated rings. The summed E-state index contributed by atoms with van der Waals surface area (Å²) >= 11 is 0. The minimum absolute atomic E-state index is 0.0517. The summed E-state index contributed by atoms with van der Waals surface area (Å²) in [6.07, 6.45) is 0. The summed E-state index contributed by atoms with van der Waals surface area (Å²) in [5.41, 5.74) is 1.09. The Hall–Kier alpha value is -1.13. The van der Waals surface area contributed by atoms with Crippen molar-refractivity contribution in [3.63, 3.8) is 0 Å². The second-order valence-corrected chi connectivity index (χ2v) is 3.54. The van der Waals surface area contributed by atoms with E-state index in [0.29, 0.717) is 19.6 Å². The van der Waals surface area contributed by atoms with Gasteiger partial charge in [0.25, 0.3) is 0 Å². The predicted molar refractivity (Wildman–Crippen MR) is 61.3 cm³/mol. The standard InChI is InChI=1S/C12H18FNO2/c1-16-12-4-2-11(3-5-12)10-14(7-6-13)8-9-15/h2-5,15H,6-10H2,1H3. The first-order valence-corrected chi connectivity index (χ1v) is 5.32. The van der Waals surface area contributed by atoms with E-state index in [4.69, 9.17) is 9.84 Å². The van der Waals surface area contributed by atoms with Crippen molar-refractivity contribution < 1.29 is 14.2 Å². The van der Waals surface area contributed by atoms with Crippen LogP contribution in [0.2, 0.25) is 0 Å². The van der Waals surface area contributed by atoms with Gasteiger partial charge in [0.2, 0.25) is 0 Å². The van der Waals surface area contributed by atoms with Crippen LogP contribution in [0.3, 0.4) is 0 Å². The molecule has 0 amide bonds. The lowest BCUT2D eigenvalue weighted by molar-refractivity contribution is 0.180. The van der Waals surface area contributed by atoms with Crippen molar-refractivity contribution in [1.82, 2.24) is 4.90 Å². The molecule has 0 aromatic heterocycles. The molecule has 16 heavy (non-hydrogen) atoms. The lowest BCUT2D eigenvalue weighted by atomic mass is 10.2. The summed E-state index contributed by atoms with van der Waals surface area (Å²) in [6.45, 7) is 1.16. The third kappa shape index (κ3) is 4.16. The van der Waals surface area contributed by atoms with Crippen LogP contribution in [0.1, 0.15) is 5.56 Å². The van der Waals surface area contributed by atoms with Gasteiger partial charge in [-0.1, -0.05) is 12.1 Å². The summed E-state index contributed by atoms with van der Waals surface area (Å²) in [5.74, 6) is 0.808. The number of aliphatic hydroxyl groups is 1. The number of ether oxygens (including phenoxy) is 1. The van der Waals surface area contributed by atoms with Crippen LogP contribution < -0.4 is 4.74 Å². The van der Waals surface area contributed by atoms with Gasteiger partial charge in [-0.2, -0.15) is 0 Å². The summed E-state index contributed by atoms with van der Waals surface area (Å²) in [7, 11) is 1.62. The summed E-state index contributed by atoms with van der Waals surface area (Å²) in [6, 6.07) is 7.65. The maximum absolute atomic E-state index is 12.2. The SMILES string of the molecule is COc1ccc(CN(CCO)CCF)cc1. The van der Waals surface area contributed by atoms with Gasteiger partial charge in [0.15, 0.2) is 0 Å². The molecule has 0 aliphatic heterocycles. The molecule has 1 rings (SSSR count). The first-order chi connectivity index (χ1) is 7.80. The Kier molecular flexibility index (Phi) is 5.82. The molecule has 1 aromatic rings. The minimum Gasteiger partial charge on any atom is -0.497 e. The Morgan fingerprint density at radius 3 is 2.44 bits per heavy atom. The van der Waals surface area contributed by atoms with E-state index in [1.54, 1.807) is 7.11 Å². The van der Waals surface area contributed by atoms with Gasteiger partial charge >= 0.3 is 0 Å². The third-order valence-corrected chi connectivity index (χ3v) is 2.38. The molecule has 0 saturated heterocycles. The molecule has 0 spiro atoms. The molecular formula is C12H18FNO2. The van der Waals surface area contributed by atoms with E-state index in [1.807, 2.05) is 29.2 Å². The van der Waals surface area contributed by atoms with Crippen molar-refractivity contribution in [2.75, 3.05) is 33.5 Å². The van der Waals surface area contributed by atoms with E-state index in [-0.39, 0.29) is 6.61 Å². The Morgan fingerprint density at radius 1 is 1.25 bits per heavy atom. The van der Waals surface area contributed by atoms with Crippen molar-refractivity contribution in [3.8, 4) is 5.75 Å². The Labute approximate surface area is 95.5 Å². The van der Waals surface area contributed by atoms with Crippen molar-refractivity contribution in [3.05, 3.63) is 29.8 Å². The van der Waals surface area contributed by atoms with Crippen LogP contribution in [0.25, 0.3) is 0 Å². The number of methoxy groups -OCH3 is 1. The van der Waals surface area contributed by atoms with Gasteiger partial charge in [0.05, 0.1) is 13.7 Å². The molecule has 3 nitrogen and oxygen atoms in total. The van der Waals surface area contributed by atoms with Gasteiger partial charge < -0.3 is 9.84 Å². The molecule has 0 bridgehead atoms. The Bertz CT molecular complexity index is 284. The van der Waals surface area contributed by atoms with Crippen molar-refractivity contribution in [2.24, 2.45) is 0 Å². The van der Waals surface area contributed by atoms with Crippen LogP contribution in [0.15, 0.2) is 24.3 Å². The molecule has 1 N–H and O–H groups in total. The highest BCUT2D eigenvalue weighted by Crippen LogP contribution is 2.12. The maximum Gasteiger partial charge on any atom is 0.118 e. The lowest BCUT2D eigenvalue weighted by Gasteiger charge is -2.19. The number of nitrogens with zero attached hydrogens (tertiary/aromatic N) is 1. The molecule has 0 atom stereocenters. The minimum atomic E-state index is -0.393. The van der Waals surface area contributed by atoms with Crippen molar-refractivity contribution in [1.29, 1.82) is 0 Å². The smallest absolute Gasteiger partial charge is 0.118 e. The van der Waals surface area contributed by atoms with Gasteiger partial charge in [-0.25, -0.2) is 4.39 Å². The van der Waals surface area contributed by atoms with Gasteiger partial charge in [0.1, 0.15) is 12.4 Å². The summed E-state index contributed by atoms with van der Waals surface area (Å²) in [4.78, 5) is 1.88. The second kappa shape index (κ2) is 7.19. The van der Waals surface area contributed by atoms with E-state index in [0.717, 1.165) is 11.3 Å². The fourth-order valence-electron chi connectivity index (χ4n) is 1.52. The maximum atomic E-state index is 12.2. The third-order valence-electron chi connectivity index (χ3n) is 2.38. The normalized spacial score (nSPS) is 10.8. The number of halogens is 1. The number of alkyl halides is 1. The highest BCUT2D eigenvalue weighted by molar-refractivity contribution is 5.27. The first-order valence-electron chi connectivity index (χ1n) is 5.32. The summed E-state index contributed by atoms with van der Waals surface area (Å²) < 4.78 is 17.3. The number of aliphatic hydroxyl groups excluding tert-OH is 1. The zero-order valence-electron chi connectivity index (χ0n) is 9.53. The number of hydrogen-bond donors (Lipinski definition) is 1. The second-order valence-electron chi connectivity index (χ2n) is 3.54. The molecular weight excluding hydrogens is 209 g/mol. The zero-order valence-corrected chi connectivity index (χ0v) is 9.53. The molecule has 0 unspecified atom stereocenters. The van der Waals surface area contributed by atoms with Crippen LogP contribution in [0.5, 0.6) is 5.75 Å². The van der Waals surface area contributed by atoms with Crippen LogP contribution in [-0.2, 0) is 6.54 Å². The van der Waals surface area contributed by atoms with Crippen molar-refractivity contribution in [2.45, 2.75) is 6.54 Å². The van der Waals surface area contributed by atoms with E-state index >= 15 is 0 Å². The fraction of sp³-hybridized carbons (Fsp3) is 0.500. The molecule has 0 aliphatic rings. The Morgan fingerprint density at radius 2 is 1.94 bits per heavy atom. The number of rotatable bonds is 7. The van der Waals surface area contributed by atoms with E-state index in [9.17, 15) is 4.39 Å². The van der Waals surface area contributed by atoms with Gasteiger partial charge in [-0.15, -0.1) is 0 Å². The summed E-state index contributed by atoms with van der Waals surface area (Å²) in [5, 5.41) is 8.84. The van der Waals surface area contributed by atoms with E-state index in [1.165, 1.54) is 0 Å². The fourth-order valence-corrected chi connectivity index (χ4v) is 1.52. The van der Waals surface area contributed by atoms with Crippen molar-refractivity contribution >= 4 is 0 Å². The quantitative estimate of drug-likeness (QED) is 0.765. The molecule has 90 valence electrons. The van der Waals surface area contributed by atoms with Crippen LogP contribution >= 0.6 is 0 Å². The predicted octanol–water partition coefficient (Wildman–Crippen LogP) is 1.46. The zero-order chi connectivity index (χ0) is 11.8. The van der Waals surface area contributed by atoms with Gasteiger partial charge in [-0.3, -0.25) is 4.90 Å². The van der Waals surface area contributed by atoms with Crippen LogP contribution in [0.4, 0.5) is 4.39 Å². The Balaban J connectivity index is 2.54. The molecule has 0 aliphatic carbocycles. The molecule has 0 saturated carbocycles. The molecule has 1 aromatic carbocycles. The monoisotopic (exact) mass is 227 g/mol. The molecule has 0 radical (unpaired) electrons. The van der Waals surface area contributed by atoms with Crippen LogP contribution in [-0.4, -0.2) is 43.5 Å². The van der Waals surface area contributed by atoms with Gasteiger partial charge in [-0.05, 0) is 17.7 Å².